The van der Waals surface area contributed by atoms with E-state index in [0.717, 1.165) is 16.6 Å². The molecule has 0 atom stereocenters. The molecule has 1 aromatic heterocycles. The standard InChI is InChI=1S/C13H15BrN4S/c1-3-8-6-9(14)4-5-10(8)16-12-7-11(15)17-13(18-12)19-2/h4-7H,3H2,1-2H3,(H3,15,16,17,18). The van der Waals surface area contributed by atoms with Gasteiger partial charge in [-0.3, -0.25) is 0 Å². The molecule has 4 nitrogen and oxygen atoms in total. The molecule has 0 aliphatic rings. The lowest BCUT2D eigenvalue weighted by atomic mass is 10.1. The second-order valence-corrected chi connectivity index (χ2v) is 5.63. The number of hydrogen-bond donors (Lipinski definition) is 2. The van der Waals surface area contributed by atoms with Crippen molar-refractivity contribution in [3.8, 4) is 0 Å². The maximum atomic E-state index is 5.77. The molecule has 19 heavy (non-hydrogen) atoms. The maximum Gasteiger partial charge on any atom is 0.191 e. The third kappa shape index (κ3) is 3.61. The van der Waals surface area contributed by atoms with Crippen molar-refractivity contribution < 1.29 is 0 Å². The van der Waals surface area contributed by atoms with Crippen LogP contribution in [0, 0.1) is 0 Å². The first-order chi connectivity index (χ1) is 9.12. The highest BCUT2D eigenvalue weighted by molar-refractivity contribution is 9.10. The van der Waals surface area contributed by atoms with Gasteiger partial charge in [-0.25, -0.2) is 9.97 Å². The fraction of sp³-hybridized carbons (Fsp3) is 0.231. The lowest BCUT2D eigenvalue weighted by Gasteiger charge is -2.11. The SMILES string of the molecule is CCc1cc(Br)ccc1Nc1cc(N)nc(SC)n1. The average molecular weight is 339 g/mol. The summed E-state index contributed by atoms with van der Waals surface area (Å²) in [5, 5.41) is 3.97. The summed E-state index contributed by atoms with van der Waals surface area (Å²) in [6.07, 6.45) is 2.87. The number of nitrogens with two attached hydrogens (primary N) is 1. The van der Waals surface area contributed by atoms with E-state index in [0.29, 0.717) is 16.8 Å². The Bertz CT molecular complexity index is 589. The highest BCUT2D eigenvalue weighted by Crippen LogP contribution is 2.25. The highest BCUT2D eigenvalue weighted by Gasteiger charge is 2.05. The molecule has 3 N–H and O–H groups in total. The Morgan fingerprint density at radius 1 is 1.32 bits per heavy atom. The summed E-state index contributed by atoms with van der Waals surface area (Å²) in [5.74, 6) is 1.19. The Morgan fingerprint density at radius 3 is 2.79 bits per heavy atom. The number of halogens is 1. The fourth-order valence-electron chi connectivity index (χ4n) is 1.71. The largest absolute Gasteiger partial charge is 0.383 e. The zero-order valence-corrected chi connectivity index (χ0v) is 13.2. The Kier molecular flexibility index (Phi) is 4.66. The van der Waals surface area contributed by atoms with Crippen molar-refractivity contribution in [3.63, 3.8) is 0 Å². The molecule has 0 aliphatic carbocycles. The van der Waals surface area contributed by atoms with Crippen molar-refractivity contribution in [2.75, 3.05) is 17.3 Å². The van der Waals surface area contributed by atoms with Crippen LogP contribution in [-0.4, -0.2) is 16.2 Å². The lowest BCUT2D eigenvalue weighted by molar-refractivity contribution is 0.983. The minimum absolute atomic E-state index is 0.469. The fourth-order valence-corrected chi connectivity index (χ4v) is 2.51. The van der Waals surface area contributed by atoms with Gasteiger partial charge in [0, 0.05) is 16.2 Å². The van der Waals surface area contributed by atoms with Gasteiger partial charge in [-0.15, -0.1) is 0 Å². The summed E-state index contributed by atoms with van der Waals surface area (Å²) in [4.78, 5) is 8.53. The first-order valence-corrected chi connectivity index (χ1v) is 7.88. The van der Waals surface area contributed by atoms with Crippen molar-refractivity contribution in [2.24, 2.45) is 0 Å². The van der Waals surface area contributed by atoms with Gasteiger partial charge < -0.3 is 11.1 Å². The molecule has 1 heterocycles. The van der Waals surface area contributed by atoms with E-state index in [1.54, 1.807) is 6.07 Å². The smallest absolute Gasteiger partial charge is 0.191 e. The molecule has 2 rings (SSSR count). The molecule has 0 amide bonds. The third-order valence-corrected chi connectivity index (χ3v) is 3.66. The molecule has 1 aromatic carbocycles. The first-order valence-electron chi connectivity index (χ1n) is 5.86. The van der Waals surface area contributed by atoms with E-state index in [1.165, 1.54) is 17.3 Å². The van der Waals surface area contributed by atoms with Crippen molar-refractivity contribution in [1.82, 2.24) is 9.97 Å². The predicted molar refractivity (Wildman–Crippen MR) is 85.0 cm³/mol. The van der Waals surface area contributed by atoms with E-state index >= 15 is 0 Å². The van der Waals surface area contributed by atoms with Crippen LogP contribution >= 0.6 is 27.7 Å². The van der Waals surface area contributed by atoms with Gasteiger partial charge in [-0.1, -0.05) is 34.6 Å². The third-order valence-electron chi connectivity index (χ3n) is 2.62. The molecule has 0 unspecified atom stereocenters. The summed E-state index contributed by atoms with van der Waals surface area (Å²) in [6.45, 7) is 2.12. The topological polar surface area (TPSA) is 63.8 Å². The number of nitrogens with zero attached hydrogens (tertiary/aromatic N) is 2. The van der Waals surface area contributed by atoms with E-state index in [1.807, 2.05) is 18.4 Å². The van der Waals surface area contributed by atoms with Crippen LogP contribution in [0.2, 0.25) is 0 Å². The summed E-state index contributed by atoms with van der Waals surface area (Å²) >= 11 is 4.95. The average Bonchev–Trinajstić information content (AvgIpc) is 2.40. The van der Waals surface area contributed by atoms with Crippen molar-refractivity contribution >= 4 is 45.0 Å². The molecule has 0 saturated carbocycles. The van der Waals surface area contributed by atoms with E-state index in [9.17, 15) is 0 Å². The Labute approximate surface area is 125 Å². The molecule has 0 saturated heterocycles. The first kappa shape index (κ1) is 14.1. The second-order valence-electron chi connectivity index (χ2n) is 3.94. The quantitative estimate of drug-likeness (QED) is 0.654. The van der Waals surface area contributed by atoms with Crippen molar-refractivity contribution in [3.05, 3.63) is 34.3 Å². The van der Waals surface area contributed by atoms with Crippen LogP contribution in [-0.2, 0) is 6.42 Å². The van der Waals surface area contributed by atoms with E-state index in [2.05, 4.69) is 44.2 Å². The van der Waals surface area contributed by atoms with Crippen LogP contribution in [0.4, 0.5) is 17.3 Å². The number of anilines is 3. The van der Waals surface area contributed by atoms with Crippen molar-refractivity contribution in [2.45, 2.75) is 18.5 Å². The molecule has 0 fully saturated rings. The minimum atomic E-state index is 0.469. The number of aryl methyl sites for hydroxylation is 1. The zero-order valence-electron chi connectivity index (χ0n) is 10.8. The molecule has 0 radical (unpaired) electrons. The van der Waals surface area contributed by atoms with E-state index < -0.39 is 0 Å². The monoisotopic (exact) mass is 338 g/mol. The zero-order chi connectivity index (χ0) is 13.8. The summed E-state index contributed by atoms with van der Waals surface area (Å²) in [5.41, 5.74) is 8.03. The number of hydrogen-bond acceptors (Lipinski definition) is 5. The molecule has 100 valence electrons. The van der Waals surface area contributed by atoms with Crippen molar-refractivity contribution in [1.29, 1.82) is 0 Å². The van der Waals surface area contributed by atoms with Crippen LogP contribution in [0.15, 0.2) is 33.9 Å². The molecule has 6 heteroatoms. The number of nitrogen functional groups attached to an aromatic ring is 1. The van der Waals surface area contributed by atoms with Crippen LogP contribution in [0.25, 0.3) is 0 Å². The Hall–Kier alpha value is -1.27. The molecule has 0 bridgehead atoms. The number of thioether (sulfide) groups is 1. The number of rotatable bonds is 4. The van der Waals surface area contributed by atoms with Gasteiger partial charge in [-0.2, -0.15) is 0 Å². The normalized spacial score (nSPS) is 10.5. The van der Waals surface area contributed by atoms with Crippen LogP contribution < -0.4 is 11.1 Å². The molecule has 0 spiro atoms. The van der Waals surface area contributed by atoms with Crippen LogP contribution in [0.3, 0.4) is 0 Å². The van der Waals surface area contributed by atoms with Gasteiger partial charge in [0.15, 0.2) is 5.16 Å². The molecule has 0 aliphatic heterocycles. The van der Waals surface area contributed by atoms with Gasteiger partial charge in [0.2, 0.25) is 0 Å². The second kappa shape index (κ2) is 6.25. The maximum absolute atomic E-state index is 5.77. The minimum Gasteiger partial charge on any atom is -0.383 e. The number of benzene rings is 1. The Morgan fingerprint density at radius 2 is 2.11 bits per heavy atom. The van der Waals surface area contributed by atoms with Gasteiger partial charge in [0.25, 0.3) is 0 Å². The van der Waals surface area contributed by atoms with Gasteiger partial charge in [0.05, 0.1) is 0 Å². The number of aromatic nitrogens is 2. The van der Waals surface area contributed by atoms with Gasteiger partial charge in [-0.05, 0) is 36.4 Å². The van der Waals surface area contributed by atoms with Crippen LogP contribution in [0.1, 0.15) is 12.5 Å². The van der Waals surface area contributed by atoms with E-state index in [4.69, 9.17) is 5.73 Å². The van der Waals surface area contributed by atoms with Gasteiger partial charge in [0.1, 0.15) is 11.6 Å². The molecular weight excluding hydrogens is 324 g/mol. The number of nitrogens with one attached hydrogen (secondary N) is 1. The Balaban J connectivity index is 2.33. The summed E-state index contributed by atoms with van der Waals surface area (Å²) in [6, 6.07) is 7.87. The van der Waals surface area contributed by atoms with Gasteiger partial charge >= 0.3 is 0 Å². The predicted octanol–water partition coefficient (Wildman–Crippen LogP) is 3.85. The highest BCUT2D eigenvalue weighted by atomic mass is 79.9. The molecule has 2 aromatic rings. The van der Waals surface area contributed by atoms with E-state index in [-0.39, 0.29) is 0 Å². The lowest BCUT2D eigenvalue weighted by Crippen LogP contribution is -2.01. The summed E-state index contributed by atoms with van der Waals surface area (Å²) in [7, 11) is 0. The van der Waals surface area contributed by atoms with Crippen LogP contribution in [0.5, 0.6) is 0 Å². The molecular formula is C13H15BrN4S. The summed E-state index contributed by atoms with van der Waals surface area (Å²) < 4.78 is 1.07.